The fourth-order valence-corrected chi connectivity index (χ4v) is 3.95. The van der Waals surface area contributed by atoms with Crippen LogP contribution in [-0.4, -0.2) is 61.3 Å². The molecule has 2 atom stereocenters. The predicted octanol–water partition coefficient (Wildman–Crippen LogP) is -0.672. The SMILES string of the molecule is CC(=O)NC(CCCN=C(N)N)C(=O)NCC(=O)NC(CCCCN)C(=O)Nc1ccc2c(C)cc(=O)oc2c1. The standard InChI is InChI=1S/C26H38N8O6/c1-15-12-23(37)40-21-13-17(8-9-18(15)21)33-25(39)20(6-3-4-10-27)34-22(36)14-31-24(38)19(32-16(2)35)7-5-11-30-26(28)29/h8-9,12-13,19-20H,3-7,10-11,14,27H2,1-2H3,(H,31,38)(H,32,35)(H,33,39)(H,34,36)(H4,28,29,30). The number of carbonyl (C=O) groups is 4. The van der Waals surface area contributed by atoms with Crippen molar-refractivity contribution in [2.24, 2.45) is 22.2 Å². The van der Waals surface area contributed by atoms with Gasteiger partial charge in [0.1, 0.15) is 17.7 Å². The van der Waals surface area contributed by atoms with Crippen LogP contribution in [0.4, 0.5) is 5.69 Å². The van der Waals surface area contributed by atoms with Crippen LogP contribution in [0.25, 0.3) is 11.0 Å². The van der Waals surface area contributed by atoms with Crippen molar-refractivity contribution in [3.63, 3.8) is 0 Å². The lowest BCUT2D eigenvalue weighted by Gasteiger charge is -2.20. The summed E-state index contributed by atoms with van der Waals surface area (Å²) in [5, 5.41) is 11.1. The third-order valence-electron chi connectivity index (χ3n) is 5.88. The van der Waals surface area contributed by atoms with Gasteiger partial charge in [-0.05, 0) is 63.3 Å². The normalized spacial score (nSPS) is 12.2. The first-order valence-corrected chi connectivity index (χ1v) is 12.9. The molecule has 2 aromatic rings. The zero-order chi connectivity index (χ0) is 29.7. The summed E-state index contributed by atoms with van der Waals surface area (Å²) in [4.78, 5) is 65.4. The molecule has 1 aromatic carbocycles. The van der Waals surface area contributed by atoms with Crippen molar-refractivity contribution in [1.29, 1.82) is 0 Å². The van der Waals surface area contributed by atoms with Crippen molar-refractivity contribution in [3.8, 4) is 0 Å². The summed E-state index contributed by atoms with van der Waals surface area (Å²) in [6.45, 7) is 3.34. The van der Waals surface area contributed by atoms with Gasteiger partial charge in [0, 0.05) is 36.7 Å². The summed E-state index contributed by atoms with van der Waals surface area (Å²) in [7, 11) is 0. The molecule has 1 heterocycles. The van der Waals surface area contributed by atoms with Crippen molar-refractivity contribution < 1.29 is 23.6 Å². The Bertz CT molecular complexity index is 1290. The van der Waals surface area contributed by atoms with E-state index in [-0.39, 0.29) is 18.9 Å². The summed E-state index contributed by atoms with van der Waals surface area (Å²) < 4.78 is 5.23. The Balaban J connectivity index is 2.02. The molecule has 0 aliphatic heterocycles. The molecule has 2 unspecified atom stereocenters. The smallest absolute Gasteiger partial charge is 0.336 e. The maximum Gasteiger partial charge on any atom is 0.336 e. The van der Waals surface area contributed by atoms with E-state index < -0.39 is 47.9 Å². The molecule has 4 amide bonds. The van der Waals surface area contributed by atoms with Gasteiger partial charge in [-0.3, -0.25) is 24.2 Å². The second kappa shape index (κ2) is 15.8. The topological polar surface area (TPSA) is 237 Å². The number of hydrogen-bond donors (Lipinski definition) is 7. The van der Waals surface area contributed by atoms with E-state index in [1.807, 2.05) is 0 Å². The van der Waals surface area contributed by atoms with Gasteiger partial charge in [0.05, 0.1) is 6.54 Å². The van der Waals surface area contributed by atoms with Gasteiger partial charge < -0.3 is 42.9 Å². The monoisotopic (exact) mass is 558 g/mol. The van der Waals surface area contributed by atoms with Gasteiger partial charge in [-0.2, -0.15) is 0 Å². The zero-order valence-corrected chi connectivity index (χ0v) is 22.7. The van der Waals surface area contributed by atoms with Crippen LogP contribution in [0.5, 0.6) is 0 Å². The van der Waals surface area contributed by atoms with Crippen LogP contribution in [-0.2, 0) is 19.2 Å². The summed E-state index contributed by atoms with van der Waals surface area (Å²) in [5.74, 6) is -2.13. The van der Waals surface area contributed by atoms with E-state index in [2.05, 4.69) is 26.3 Å². The van der Waals surface area contributed by atoms with E-state index in [4.69, 9.17) is 21.6 Å². The first-order chi connectivity index (χ1) is 19.0. The number of unbranched alkanes of at least 4 members (excludes halogenated alkanes) is 1. The molecule has 1 aromatic heterocycles. The largest absolute Gasteiger partial charge is 0.423 e. The van der Waals surface area contributed by atoms with Crippen LogP contribution in [0.15, 0.2) is 38.5 Å². The van der Waals surface area contributed by atoms with E-state index in [1.54, 1.807) is 19.1 Å². The molecule has 0 saturated heterocycles. The summed E-state index contributed by atoms with van der Waals surface area (Å²) in [5.41, 5.74) is 17.1. The molecule has 10 N–H and O–H groups in total. The van der Waals surface area contributed by atoms with Crippen molar-refractivity contribution in [2.45, 2.75) is 58.0 Å². The number of fused-ring (bicyclic) bond motifs is 1. The Morgan fingerprint density at radius 2 is 1.68 bits per heavy atom. The molecule has 14 heteroatoms. The van der Waals surface area contributed by atoms with Crippen LogP contribution in [0.2, 0.25) is 0 Å². The Kier molecular flexibility index (Phi) is 12.6. The van der Waals surface area contributed by atoms with E-state index in [0.29, 0.717) is 43.5 Å². The van der Waals surface area contributed by atoms with Gasteiger partial charge in [0.25, 0.3) is 0 Å². The fraction of sp³-hybridized carbons (Fsp3) is 0.462. The predicted molar refractivity (Wildman–Crippen MR) is 151 cm³/mol. The Hall–Kier alpha value is -4.46. The first kappa shape index (κ1) is 31.8. The maximum atomic E-state index is 13.1. The molecular weight excluding hydrogens is 520 g/mol. The summed E-state index contributed by atoms with van der Waals surface area (Å²) in [6.07, 6.45) is 2.20. The molecule has 2 rings (SSSR count). The first-order valence-electron chi connectivity index (χ1n) is 12.9. The highest BCUT2D eigenvalue weighted by molar-refractivity contribution is 5.99. The van der Waals surface area contributed by atoms with E-state index in [9.17, 15) is 24.0 Å². The number of amides is 4. The molecule has 0 radical (unpaired) electrons. The van der Waals surface area contributed by atoms with Crippen LogP contribution in [0, 0.1) is 6.92 Å². The number of aryl methyl sites for hydroxylation is 1. The number of anilines is 1. The molecule has 0 aliphatic carbocycles. The third-order valence-corrected chi connectivity index (χ3v) is 5.88. The van der Waals surface area contributed by atoms with E-state index in [0.717, 1.165) is 10.9 Å². The number of hydrogen-bond acceptors (Lipinski definition) is 8. The van der Waals surface area contributed by atoms with Crippen LogP contribution < -0.4 is 44.1 Å². The van der Waals surface area contributed by atoms with Crippen molar-refractivity contribution in [1.82, 2.24) is 16.0 Å². The number of carbonyl (C=O) groups excluding carboxylic acids is 4. The lowest BCUT2D eigenvalue weighted by molar-refractivity contribution is -0.130. The number of nitrogens with two attached hydrogens (primary N) is 3. The van der Waals surface area contributed by atoms with Gasteiger partial charge in [0.15, 0.2) is 5.96 Å². The van der Waals surface area contributed by atoms with E-state index >= 15 is 0 Å². The molecule has 0 aliphatic rings. The molecule has 0 spiro atoms. The minimum atomic E-state index is -0.915. The highest BCUT2D eigenvalue weighted by Gasteiger charge is 2.23. The Morgan fingerprint density at radius 1 is 0.975 bits per heavy atom. The van der Waals surface area contributed by atoms with Crippen LogP contribution in [0.3, 0.4) is 0 Å². The van der Waals surface area contributed by atoms with Gasteiger partial charge in [0.2, 0.25) is 23.6 Å². The number of rotatable bonds is 15. The van der Waals surface area contributed by atoms with Gasteiger partial charge in [-0.15, -0.1) is 0 Å². The highest BCUT2D eigenvalue weighted by atomic mass is 16.4. The molecule has 0 fully saturated rings. The Morgan fingerprint density at radius 3 is 2.35 bits per heavy atom. The molecule has 218 valence electrons. The fourth-order valence-electron chi connectivity index (χ4n) is 3.95. The number of benzene rings is 1. The summed E-state index contributed by atoms with van der Waals surface area (Å²) >= 11 is 0. The number of nitrogens with one attached hydrogen (secondary N) is 4. The summed E-state index contributed by atoms with van der Waals surface area (Å²) in [6, 6.07) is 4.51. The average Bonchev–Trinajstić information content (AvgIpc) is 2.87. The number of nitrogens with zero attached hydrogens (tertiary/aromatic N) is 1. The van der Waals surface area contributed by atoms with Gasteiger partial charge in [-0.25, -0.2) is 4.79 Å². The van der Waals surface area contributed by atoms with Crippen LogP contribution in [0.1, 0.15) is 44.6 Å². The number of aliphatic imine (C=N–C) groups is 1. The quantitative estimate of drug-likeness (QED) is 0.0634. The molecule has 14 nitrogen and oxygen atoms in total. The molecule has 40 heavy (non-hydrogen) atoms. The third kappa shape index (κ3) is 10.7. The lowest BCUT2D eigenvalue weighted by atomic mass is 10.1. The van der Waals surface area contributed by atoms with E-state index in [1.165, 1.54) is 19.1 Å². The van der Waals surface area contributed by atoms with Gasteiger partial charge >= 0.3 is 5.63 Å². The zero-order valence-electron chi connectivity index (χ0n) is 22.7. The lowest BCUT2D eigenvalue weighted by Crippen LogP contribution is -2.51. The molecular formula is C26H38N8O6. The number of guanidine groups is 1. The van der Waals surface area contributed by atoms with Crippen LogP contribution >= 0.6 is 0 Å². The second-order valence-corrected chi connectivity index (χ2v) is 9.27. The maximum absolute atomic E-state index is 13.1. The van der Waals surface area contributed by atoms with Crippen molar-refractivity contribution in [2.75, 3.05) is 25.0 Å². The molecule has 0 bridgehead atoms. The second-order valence-electron chi connectivity index (χ2n) is 9.27. The van der Waals surface area contributed by atoms with Gasteiger partial charge in [-0.1, -0.05) is 0 Å². The highest BCUT2D eigenvalue weighted by Crippen LogP contribution is 2.21. The Labute approximate surface area is 231 Å². The average molecular weight is 559 g/mol. The van der Waals surface area contributed by atoms with Crippen molar-refractivity contribution in [3.05, 3.63) is 40.2 Å². The minimum absolute atomic E-state index is 0.0791. The molecule has 0 saturated carbocycles. The minimum Gasteiger partial charge on any atom is -0.423 e. The van der Waals surface area contributed by atoms with Crippen molar-refractivity contribution >= 4 is 46.2 Å².